The third-order valence-electron chi connectivity index (χ3n) is 5.59. The van der Waals surface area contributed by atoms with Crippen LogP contribution in [-0.2, 0) is 14.6 Å². The number of anilines is 2. The van der Waals surface area contributed by atoms with E-state index >= 15 is 0 Å². The Morgan fingerprint density at radius 1 is 1.21 bits per heavy atom. The minimum absolute atomic E-state index is 0.00769. The normalized spacial score (nSPS) is 18.7. The maximum atomic E-state index is 12.3. The number of amides is 2. The quantitative estimate of drug-likeness (QED) is 0.408. The number of aromatic nitrogens is 2. The molecule has 0 saturated carbocycles. The van der Waals surface area contributed by atoms with Gasteiger partial charge in [-0.1, -0.05) is 0 Å². The number of carbonyl (C=O) groups excluding carboxylic acids is 2. The highest BCUT2D eigenvalue weighted by Gasteiger charge is 2.29. The zero-order valence-corrected chi connectivity index (χ0v) is 18.9. The van der Waals surface area contributed by atoms with Crippen molar-refractivity contribution in [3.63, 3.8) is 0 Å². The largest absolute Gasteiger partial charge is 0.364 e. The Bertz CT molecular complexity index is 1210. The third-order valence-corrected chi connectivity index (χ3v) is 6.72. The maximum absolute atomic E-state index is 12.3. The molecule has 1 fully saturated rings. The molecule has 1 aromatic heterocycles. The summed E-state index contributed by atoms with van der Waals surface area (Å²) in [6.45, 7) is 2.08. The van der Waals surface area contributed by atoms with E-state index in [9.17, 15) is 18.0 Å². The highest BCUT2D eigenvalue weighted by atomic mass is 32.2. The van der Waals surface area contributed by atoms with E-state index in [1.807, 2.05) is 10.8 Å². The monoisotopic (exact) mass is 472 g/mol. The van der Waals surface area contributed by atoms with Gasteiger partial charge in [0.1, 0.15) is 6.20 Å². The van der Waals surface area contributed by atoms with Crippen LogP contribution in [0.1, 0.15) is 23.3 Å². The number of hydrogen-bond acceptors (Lipinski definition) is 8. The van der Waals surface area contributed by atoms with Gasteiger partial charge < -0.3 is 21.7 Å². The molecular formula is C21H26N7O4S+. The number of nitrogens with zero attached hydrogens (tertiary/aromatic N) is 3. The fraction of sp³-hybridized carbons (Fsp3) is 0.381. The molecule has 3 heterocycles. The average Bonchev–Trinajstić information content (AvgIpc) is 2.72. The molecule has 0 aliphatic carbocycles. The minimum Gasteiger partial charge on any atom is -0.364 e. The van der Waals surface area contributed by atoms with Crippen LogP contribution in [0.15, 0.2) is 35.4 Å². The Morgan fingerprint density at radius 2 is 1.94 bits per heavy atom. The number of sulfone groups is 1. The zero-order valence-electron chi connectivity index (χ0n) is 18.1. The molecule has 174 valence electrons. The second kappa shape index (κ2) is 9.24. The van der Waals surface area contributed by atoms with Crippen molar-refractivity contribution in [1.29, 1.82) is 0 Å². The van der Waals surface area contributed by atoms with Gasteiger partial charge in [0.25, 0.3) is 11.7 Å². The lowest BCUT2D eigenvalue weighted by atomic mass is 10.0. The number of rotatable bonds is 7. The standard InChI is InChI=1S/C21H25N7O4S/c1-33(31,32)16-6-4-14(5-7-16)25-20-18(19(22)29)24-11-17(27-20)28-8-2-3-15(12-28)26-21(30)13-9-23-10-13/h4-7,11-13,15,23H,2-3,8-10H2,1H3,(H3-,22,25,26,27,29,30)/p+1. The van der Waals surface area contributed by atoms with E-state index in [1.165, 1.54) is 18.3 Å². The first-order valence-corrected chi connectivity index (χ1v) is 12.5. The smallest absolute Gasteiger partial charge is 0.343 e. The van der Waals surface area contributed by atoms with Gasteiger partial charge in [-0.25, -0.2) is 18.0 Å². The number of nitrogens with one attached hydrogen (secondary N) is 3. The van der Waals surface area contributed by atoms with Gasteiger partial charge in [-0.05, 0) is 42.1 Å². The van der Waals surface area contributed by atoms with E-state index in [-0.39, 0.29) is 34.3 Å². The van der Waals surface area contributed by atoms with Gasteiger partial charge in [-0.3, -0.25) is 9.59 Å². The number of benzene rings is 1. The summed E-state index contributed by atoms with van der Waals surface area (Å²) < 4.78 is 25.2. The van der Waals surface area contributed by atoms with Crippen molar-refractivity contribution in [2.24, 2.45) is 11.7 Å². The van der Waals surface area contributed by atoms with Crippen molar-refractivity contribution in [3.05, 3.63) is 36.2 Å². The SMILES string of the molecule is CS(=O)(=O)c1ccc(Nc2nc([N+]3=CC(NC(=O)C4CNC4)CCC3)cnc2C(N)=O)cc1. The molecule has 2 aliphatic rings. The summed E-state index contributed by atoms with van der Waals surface area (Å²) >= 11 is 0. The summed E-state index contributed by atoms with van der Waals surface area (Å²) in [7, 11) is -3.33. The number of hydrogen-bond donors (Lipinski definition) is 4. The Hall–Kier alpha value is -3.38. The Kier molecular flexibility index (Phi) is 6.38. The lowest BCUT2D eigenvalue weighted by Crippen LogP contribution is -2.53. The molecular weight excluding hydrogens is 446 g/mol. The second-order valence-corrected chi connectivity index (χ2v) is 10.2. The predicted octanol–water partition coefficient (Wildman–Crippen LogP) is -0.0646. The molecule has 5 N–H and O–H groups in total. The number of nitrogens with two attached hydrogens (primary N) is 1. The molecule has 33 heavy (non-hydrogen) atoms. The first-order valence-electron chi connectivity index (χ1n) is 10.6. The van der Waals surface area contributed by atoms with Gasteiger partial charge in [0.15, 0.2) is 15.5 Å². The predicted molar refractivity (Wildman–Crippen MR) is 122 cm³/mol. The molecule has 0 bridgehead atoms. The van der Waals surface area contributed by atoms with Crippen molar-refractivity contribution in [3.8, 4) is 0 Å². The van der Waals surface area contributed by atoms with Crippen molar-refractivity contribution in [1.82, 2.24) is 20.6 Å². The second-order valence-electron chi connectivity index (χ2n) is 8.17. The van der Waals surface area contributed by atoms with Crippen LogP contribution in [0.3, 0.4) is 0 Å². The highest BCUT2D eigenvalue weighted by molar-refractivity contribution is 7.90. The molecule has 2 aromatic rings. The maximum Gasteiger partial charge on any atom is 0.343 e. The van der Waals surface area contributed by atoms with Gasteiger partial charge in [0.2, 0.25) is 5.91 Å². The van der Waals surface area contributed by atoms with Crippen LogP contribution in [0.2, 0.25) is 0 Å². The lowest BCUT2D eigenvalue weighted by Gasteiger charge is -2.28. The van der Waals surface area contributed by atoms with E-state index in [1.54, 1.807) is 12.1 Å². The molecule has 2 amide bonds. The van der Waals surface area contributed by atoms with Crippen LogP contribution in [-0.4, -0.2) is 72.9 Å². The molecule has 12 heteroatoms. The minimum atomic E-state index is -3.33. The van der Waals surface area contributed by atoms with E-state index in [0.29, 0.717) is 31.1 Å². The van der Waals surface area contributed by atoms with Gasteiger partial charge in [0, 0.05) is 25.0 Å². The van der Waals surface area contributed by atoms with Crippen molar-refractivity contribution in [2.75, 3.05) is 31.2 Å². The van der Waals surface area contributed by atoms with E-state index in [0.717, 1.165) is 19.1 Å². The highest BCUT2D eigenvalue weighted by Crippen LogP contribution is 2.23. The topological polar surface area (TPSA) is 159 Å². The summed E-state index contributed by atoms with van der Waals surface area (Å²) in [5.41, 5.74) is 5.96. The molecule has 1 aromatic carbocycles. The van der Waals surface area contributed by atoms with Gasteiger partial charge in [-0.2, -0.15) is 0 Å². The molecule has 1 saturated heterocycles. The summed E-state index contributed by atoms with van der Waals surface area (Å²) in [5, 5.41) is 9.15. The summed E-state index contributed by atoms with van der Waals surface area (Å²) in [4.78, 5) is 33.1. The summed E-state index contributed by atoms with van der Waals surface area (Å²) in [5.74, 6) is -0.0434. The fourth-order valence-corrected chi connectivity index (χ4v) is 4.26. The molecule has 0 spiro atoms. The van der Waals surface area contributed by atoms with E-state index in [2.05, 4.69) is 25.9 Å². The van der Waals surface area contributed by atoms with Crippen LogP contribution in [0.4, 0.5) is 17.3 Å². The average molecular weight is 473 g/mol. The molecule has 4 rings (SSSR count). The van der Waals surface area contributed by atoms with Crippen LogP contribution in [0.5, 0.6) is 0 Å². The first-order chi connectivity index (χ1) is 15.7. The number of carbonyl (C=O) groups is 2. The van der Waals surface area contributed by atoms with Crippen LogP contribution >= 0.6 is 0 Å². The van der Waals surface area contributed by atoms with Crippen molar-refractivity contribution < 1.29 is 22.6 Å². The summed E-state index contributed by atoms with van der Waals surface area (Å²) in [6, 6.07) is 5.95. The van der Waals surface area contributed by atoms with Gasteiger partial charge in [0.05, 0.1) is 29.6 Å². The van der Waals surface area contributed by atoms with Gasteiger partial charge in [-0.15, -0.1) is 0 Å². The molecule has 0 radical (unpaired) electrons. The van der Waals surface area contributed by atoms with Crippen LogP contribution < -0.4 is 21.7 Å². The van der Waals surface area contributed by atoms with Crippen LogP contribution in [0, 0.1) is 5.92 Å². The lowest BCUT2D eigenvalue weighted by molar-refractivity contribution is -0.446. The Balaban J connectivity index is 1.57. The van der Waals surface area contributed by atoms with Crippen molar-refractivity contribution >= 4 is 45.2 Å². The van der Waals surface area contributed by atoms with E-state index < -0.39 is 15.7 Å². The molecule has 11 nitrogen and oxygen atoms in total. The van der Waals surface area contributed by atoms with Crippen molar-refractivity contribution in [2.45, 2.75) is 23.8 Å². The Labute approximate surface area is 191 Å². The zero-order chi connectivity index (χ0) is 23.6. The van der Waals surface area contributed by atoms with Crippen LogP contribution in [0.25, 0.3) is 0 Å². The van der Waals surface area contributed by atoms with Gasteiger partial charge >= 0.3 is 5.82 Å². The fourth-order valence-electron chi connectivity index (χ4n) is 3.63. The molecule has 1 atom stereocenters. The summed E-state index contributed by atoms with van der Waals surface area (Å²) in [6.07, 6.45) is 6.18. The first kappa shape index (κ1) is 22.8. The molecule has 2 aliphatic heterocycles. The molecule has 1 unspecified atom stereocenters. The Morgan fingerprint density at radius 3 is 2.55 bits per heavy atom. The third kappa shape index (κ3) is 5.34. The number of primary amides is 1. The van der Waals surface area contributed by atoms with E-state index in [4.69, 9.17) is 5.73 Å².